The van der Waals surface area contributed by atoms with Crippen LogP contribution in [0.2, 0.25) is 0 Å². The van der Waals surface area contributed by atoms with Crippen LogP contribution in [0.4, 0.5) is 0 Å². The van der Waals surface area contributed by atoms with Crippen LogP contribution in [-0.4, -0.2) is 18.6 Å². The molecule has 1 saturated carbocycles. The number of esters is 1. The van der Waals surface area contributed by atoms with E-state index in [1.807, 2.05) is 38.1 Å². The quantitative estimate of drug-likeness (QED) is 0.620. The first-order chi connectivity index (χ1) is 9.56. The van der Waals surface area contributed by atoms with Gasteiger partial charge in [-0.05, 0) is 67.0 Å². The van der Waals surface area contributed by atoms with Gasteiger partial charge in [-0.1, -0.05) is 25.0 Å². The minimum absolute atomic E-state index is 0.187. The zero-order chi connectivity index (χ0) is 14.6. The molecule has 1 aromatic carbocycles. The zero-order valence-electron chi connectivity index (χ0n) is 12.1. The molecule has 0 aromatic heterocycles. The van der Waals surface area contributed by atoms with Crippen LogP contribution >= 0.6 is 22.6 Å². The van der Waals surface area contributed by atoms with E-state index in [4.69, 9.17) is 4.74 Å². The Labute approximate surface area is 134 Å². The molecule has 1 aliphatic carbocycles. The van der Waals surface area contributed by atoms with Crippen LogP contribution in [0.1, 0.15) is 45.1 Å². The van der Waals surface area contributed by atoms with Gasteiger partial charge in [-0.15, -0.1) is 0 Å². The average molecular weight is 387 g/mol. The highest BCUT2D eigenvalue weighted by Crippen LogP contribution is 2.28. The van der Waals surface area contributed by atoms with Crippen molar-refractivity contribution in [2.45, 2.75) is 51.1 Å². The molecule has 20 heavy (non-hydrogen) atoms. The Hall–Kier alpha value is -0.620. The smallest absolute Gasteiger partial charge is 0.330 e. The van der Waals surface area contributed by atoms with Crippen LogP contribution in [0.15, 0.2) is 24.3 Å². The lowest BCUT2D eigenvalue weighted by atomic mass is 9.90. The molecule has 0 spiro atoms. The third-order valence-corrected chi connectivity index (χ3v) is 4.67. The average Bonchev–Trinajstić information content (AvgIpc) is 2.92. The van der Waals surface area contributed by atoms with E-state index in [2.05, 4.69) is 27.9 Å². The van der Waals surface area contributed by atoms with E-state index in [1.165, 1.54) is 16.4 Å². The molecule has 1 aliphatic rings. The third kappa shape index (κ3) is 3.52. The number of rotatable bonds is 5. The summed E-state index contributed by atoms with van der Waals surface area (Å²) in [6, 6.07) is 8.50. The van der Waals surface area contributed by atoms with E-state index < -0.39 is 5.54 Å². The van der Waals surface area contributed by atoms with Gasteiger partial charge in [0.05, 0.1) is 6.61 Å². The van der Waals surface area contributed by atoms with Crippen molar-refractivity contribution in [2.24, 2.45) is 0 Å². The number of halogens is 1. The summed E-state index contributed by atoms with van der Waals surface area (Å²) in [5.41, 5.74) is 0.221. The number of nitrogens with one attached hydrogen (secondary N) is 1. The molecule has 0 bridgehead atoms. The first kappa shape index (κ1) is 15.8. The first-order valence-electron chi connectivity index (χ1n) is 7.27. The normalized spacial score (nSPS) is 18.8. The number of carbonyl (C=O) groups is 1. The molecule has 2 rings (SSSR count). The Morgan fingerprint density at radius 2 is 1.95 bits per heavy atom. The number of hydrogen-bond donors (Lipinski definition) is 1. The Morgan fingerprint density at radius 3 is 2.50 bits per heavy atom. The van der Waals surface area contributed by atoms with Gasteiger partial charge in [0.1, 0.15) is 5.54 Å². The maximum absolute atomic E-state index is 12.5. The highest BCUT2D eigenvalue weighted by atomic mass is 127. The molecule has 1 unspecified atom stereocenters. The molecule has 3 nitrogen and oxygen atoms in total. The fourth-order valence-corrected chi connectivity index (χ4v) is 3.16. The fraction of sp³-hybridized carbons (Fsp3) is 0.562. The maximum Gasteiger partial charge on any atom is 0.330 e. The Balaban J connectivity index is 2.26. The fourth-order valence-electron chi connectivity index (χ4n) is 2.80. The summed E-state index contributed by atoms with van der Waals surface area (Å²) < 4.78 is 6.46. The zero-order valence-corrected chi connectivity index (χ0v) is 14.3. The van der Waals surface area contributed by atoms with Gasteiger partial charge in [0.25, 0.3) is 0 Å². The maximum atomic E-state index is 12.5. The number of benzene rings is 1. The summed E-state index contributed by atoms with van der Waals surface area (Å²) in [6.07, 6.45) is 4.76. The van der Waals surface area contributed by atoms with Crippen molar-refractivity contribution < 1.29 is 9.53 Å². The first-order valence-corrected chi connectivity index (χ1v) is 8.35. The molecule has 1 aromatic rings. The van der Waals surface area contributed by atoms with E-state index in [-0.39, 0.29) is 5.97 Å². The summed E-state index contributed by atoms with van der Waals surface area (Å²) in [5.74, 6) is -0.187. The van der Waals surface area contributed by atoms with Gasteiger partial charge in [0.2, 0.25) is 0 Å². The van der Waals surface area contributed by atoms with E-state index in [0.717, 1.165) is 18.4 Å². The summed E-state index contributed by atoms with van der Waals surface area (Å²) in [4.78, 5) is 12.5. The molecule has 110 valence electrons. The predicted molar refractivity (Wildman–Crippen MR) is 88.5 cm³/mol. The van der Waals surface area contributed by atoms with Crippen LogP contribution in [0, 0.1) is 3.57 Å². The Kier molecular flexibility index (Phi) is 5.43. The molecular formula is C16H22INO2. The van der Waals surface area contributed by atoms with E-state index >= 15 is 0 Å². The van der Waals surface area contributed by atoms with Crippen molar-refractivity contribution in [3.8, 4) is 0 Å². The minimum atomic E-state index is -0.755. The topological polar surface area (TPSA) is 38.3 Å². The molecule has 1 N–H and O–H groups in total. The van der Waals surface area contributed by atoms with Crippen molar-refractivity contribution in [1.29, 1.82) is 0 Å². The van der Waals surface area contributed by atoms with Crippen molar-refractivity contribution in [1.82, 2.24) is 5.32 Å². The van der Waals surface area contributed by atoms with Crippen LogP contribution in [0.25, 0.3) is 0 Å². The highest BCUT2D eigenvalue weighted by Gasteiger charge is 2.39. The second-order valence-corrected chi connectivity index (χ2v) is 6.72. The van der Waals surface area contributed by atoms with Gasteiger partial charge < -0.3 is 4.74 Å². The van der Waals surface area contributed by atoms with E-state index in [9.17, 15) is 4.79 Å². The van der Waals surface area contributed by atoms with Crippen molar-refractivity contribution >= 4 is 28.6 Å². The molecule has 4 heteroatoms. The standard InChI is InChI=1S/C16H22INO2/c1-3-20-15(19)16(2,18-14-6-4-5-7-14)12-8-10-13(17)11-9-12/h8-11,14,18H,3-7H2,1-2H3. The third-order valence-electron chi connectivity index (χ3n) is 3.95. The van der Waals surface area contributed by atoms with Crippen molar-refractivity contribution in [3.63, 3.8) is 0 Å². The van der Waals surface area contributed by atoms with E-state index in [0.29, 0.717) is 12.6 Å². The number of hydrogen-bond acceptors (Lipinski definition) is 3. The molecule has 0 aliphatic heterocycles. The summed E-state index contributed by atoms with van der Waals surface area (Å²) in [7, 11) is 0. The van der Waals surface area contributed by atoms with Crippen LogP contribution in [0.3, 0.4) is 0 Å². The number of ether oxygens (including phenoxy) is 1. The Morgan fingerprint density at radius 1 is 1.35 bits per heavy atom. The monoisotopic (exact) mass is 387 g/mol. The van der Waals surface area contributed by atoms with Gasteiger partial charge in [-0.25, -0.2) is 4.79 Å². The highest BCUT2D eigenvalue weighted by molar-refractivity contribution is 14.1. The van der Waals surface area contributed by atoms with E-state index in [1.54, 1.807) is 0 Å². The molecule has 0 amide bonds. The van der Waals surface area contributed by atoms with Gasteiger partial charge in [-0.2, -0.15) is 0 Å². The molecule has 0 radical (unpaired) electrons. The van der Waals surface area contributed by atoms with Crippen LogP contribution in [-0.2, 0) is 15.1 Å². The van der Waals surface area contributed by atoms with Gasteiger partial charge in [-0.3, -0.25) is 5.32 Å². The summed E-state index contributed by atoms with van der Waals surface area (Å²) in [6.45, 7) is 4.19. The predicted octanol–water partition coefficient (Wildman–Crippen LogP) is 3.60. The summed E-state index contributed by atoms with van der Waals surface area (Å²) >= 11 is 2.27. The van der Waals surface area contributed by atoms with Crippen molar-refractivity contribution in [3.05, 3.63) is 33.4 Å². The lowest BCUT2D eigenvalue weighted by molar-refractivity contribution is -0.151. The molecule has 1 fully saturated rings. The largest absolute Gasteiger partial charge is 0.464 e. The van der Waals surface area contributed by atoms with Crippen molar-refractivity contribution in [2.75, 3.05) is 6.61 Å². The minimum Gasteiger partial charge on any atom is -0.464 e. The van der Waals surface area contributed by atoms with Gasteiger partial charge in [0, 0.05) is 9.61 Å². The molecule has 0 saturated heterocycles. The second-order valence-electron chi connectivity index (χ2n) is 5.48. The molecular weight excluding hydrogens is 365 g/mol. The summed E-state index contributed by atoms with van der Waals surface area (Å²) in [5, 5.41) is 3.54. The van der Waals surface area contributed by atoms with Crippen LogP contribution in [0.5, 0.6) is 0 Å². The lowest BCUT2D eigenvalue weighted by Gasteiger charge is -2.32. The molecule has 1 atom stereocenters. The van der Waals surface area contributed by atoms with Gasteiger partial charge >= 0.3 is 5.97 Å². The molecule has 0 heterocycles. The van der Waals surface area contributed by atoms with Crippen LogP contribution < -0.4 is 5.32 Å². The second kappa shape index (κ2) is 6.89. The SMILES string of the molecule is CCOC(=O)C(C)(NC1CCCC1)c1ccc(I)cc1. The van der Waals surface area contributed by atoms with Gasteiger partial charge in [0.15, 0.2) is 0 Å². The lowest BCUT2D eigenvalue weighted by Crippen LogP contribution is -2.51. The Bertz CT molecular complexity index is 454. The number of carbonyl (C=O) groups excluding carboxylic acids is 1.